The van der Waals surface area contributed by atoms with Crippen molar-refractivity contribution < 1.29 is 49.5 Å². The number of rotatable bonds is 0. The zero-order valence-corrected chi connectivity index (χ0v) is 5.62. The monoisotopic (exact) mass is 210 g/mol. The van der Waals surface area contributed by atoms with Crippen molar-refractivity contribution >= 4 is 12.5 Å². The van der Waals surface area contributed by atoms with Crippen LogP contribution in [-0.2, 0) is 0 Å². The summed E-state index contributed by atoms with van der Waals surface area (Å²) in [5.74, 6) is 0. The van der Waals surface area contributed by atoms with Crippen LogP contribution in [0.5, 0.6) is 0 Å². The molecule has 0 aliphatic heterocycles. The second-order valence-electron chi connectivity index (χ2n) is 0.0583. The van der Waals surface area contributed by atoms with Crippen molar-refractivity contribution in [3.05, 3.63) is 0 Å². The van der Waals surface area contributed by atoms with E-state index in [1.165, 1.54) is 0 Å². The Labute approximate surface area is 61.3 Å². The molecule has 0 unspecified atom stereocenters. The minimum atomic E-state index is -1.25. The van der Waals surface area contributed by atoms with Gasteiger partial charge in [-0.3, -0.25) is 0 Å². The topological polar surface area (TPSA) is 0 Å². The Balaban J connectivity index is 0. The molecule has 0 fully saturated rings. The fourth-order valence-corrected chi connectivity index (χ4v) is 0. The van der Waals surface area contributed by atoms with Crippen LogP contribution >= 0.6 is 12.5 Å². The summed E-state index contributed by atoms with van der Waals surface area (Å²) < 4.78 is 19.1. The molecule has 0 aromatic heterocycles. The van der Waals surface area contributed by atoms with Gasteiger partial charge in [-0.1, -0.05) is 0 Å². The normalized spacial score (nSPS) is 4.50. The van der Waals surface area contributed by atoms with E-state index in [1.54, 1.807) is 0 Å². The van der Waals surface area contributed by atoms with Gasteiger partial charge in [0.15, 0.2) is 0 Å². The molecule has 4 heteroatoms. The van der Waals surface area contributed by atoms with Crippen molar-refractivity contribution in [2.45, 2.75) is 0 Å². The van der Waals surface area contributed by atoms with Crippen LogP contribution in [0.4, 0.5) is 7.77 Å². The molecule has 0 radical (unpaired) electrons. The summed E-state index contributed by atoms with van der Waals surface area (Å²) >= 11 is -1.25. The molecule has 0 N–H and O–H groups in total. The predicted octanol–water partition coefficient (Wildman–Crippen LogP) is 1.49. The molecule has 0 amide bonds. The van der Waals surface area contributed by atoms with Crippen molar-refractivity contribution in [1.82, 2.24) is 0 Å². The molecule has 0 aromatic carbocycles. The van der Waals surface area contributed by atoms with Gasteiger partial charge in [0.2, 0.25) is 0 Å². The maximum Gasteiger partial charge on any atom is 0.255 e. The maximum absolute atomic E-state index is 9.54. The summed E-state index contributed by atoms with van der Waals surface area (Å²) in [7, 11) is 0. The van der Waals surface area contributed by atoms with Gasteiger partial charge in [-0.05, 0) is 0 Å². The zero-order valence-electron chi connectivity index (χ0n) is 1.66. The molecular formula is CeF2S. The summed E-state index contributed by atoms with van der Waals surface area (Å²) in [6.07, 6.45) is 0. The first-order valence-corrected chi connectivity index (χ1v) is 0.926. The van der Waals surface area contributed by atoms with Gasteiger partial charge in [0.1, 0.15) is 0 Å². The minimum Gasteiger partial charge on any atom is -0.127 e. The molecule has 0 saturated heterocycles. The number of hydrogen-bond donors (Lipinski definition) is 0. The number of hydrogen-bond acceptors (Lipinski definition) is 1. The predicted molar refractivity (Wildman–Crippen MR) is 9.81 cm³/mol. The first-order chi connectivity index (χ1) is 1.41. The summed E-state index contributed by atoms with van der Waals surface area (Å²) in [5.41, 5.74) is 0. The van der Waals surface area contributed by atoms with Gasteiger partial charge in [0.05, 0.1) is 0 Å². The van der Waals surface area contributed by atoms with Gasteiger partial charge in [-0.2, -0.15) is 0 Å². The molecule has 0 aromatic rings. The molecule has 0 atom stereocenters. The second kappa shape index (κ2) is 8.82. The Morgan fingerprint density at radius 2 is 1.25 bits per heavy atom. The summed E-state index contributed by atoms with van der Waals surface area (Å²) in [6, 6.07) is 0. The summed E-state index contributed by atoms with van der Waals surface area (Å²) in [4.78, 5) is 0. The zero-order chi connectivity index (χ0) is 2.71. The van der Waals surface area contributed by atoms with Gasteiger partial charge >= 0.3 is 0 Å². The van der Waals surface area contributed by atoms with Crippen LogP contribution in [0.3, 0.4) is 0 Å². The first kappa shape index (κ1) is 9.14. The van der Waals surface area contributed by atoms with Crippen LogP contribution < -0.4 is 0 Å². The van der Waals surface area contributed by atoms with Crippen molar-refractivity contribution in [2.24, 2.45) is 0 Å². The second-order valence-corrected chi connectivity index (χ2v) is 0.175. The van der Waals surface area contributed by atoms with Crippen LogP contribution in [-0.4, -0.2) is 0 Å². The Morgan fingerprint density at radius 1 is 1.25 bits per heavy atom. The van der Waals surface area contributed by atoms with E-state index in [9.17, 15) is 7.77 Å². The molecule has 0 saturated carbocycles. The van der Waals surface area contributed by atoms with Crippen LogP contribution in [0, 0.1) is 41.7 Å². The van der Waals surface area contributed by atoms with Crippen molar-refractivity contribution in [1.29, 1.82) is 0 Å². The smallest absolute Gasteiger partial charge is 0.127 e. The Hall–Kier alpha value is 1.59. The van der Waals surface area contributed by atoms with E-state index in [0.29, 0.717) is 0 Å². The van der Waals surface area contributed by atoms with Gasteiger partial charge in [0.25, 0.3) is 12.5 Å². The quantitative estimate of drug-likeness (QED) is 0.583. The number of halogens is 2. The van der Waals surface area contributed by atoms with E-state index in [4.69, 9.17) is 0 Å². The van der Waals surface area contributed by atoms with E-state index in [0.717, 1.165) is 0 Å². The fourth-order valence-electron chi connectivity index (χ4n) is 0. The van der Waals surface area contributed by atoms with Crippen molar-refractivity contribution in [2.75, 3.05) is 0 Å². The Kier molecular flexibility index (Phi) is 20.1. The Bertz CT molecular complexity index is 6.00. The molecule has 0 aliphatic rings. The van der Waals surface area contributed by atoms with Crippen molar-refractivity contribution in [3.8, 4) is 0 Å². The van der Waals surface area contributed by atoms with Crippen LogP contribution in [0.1, 0.15) is 0 Å². The molecule has 0 nitrogen and oxygen atoms in total. The van der Waals surface area contributed by atoms with E-state index in [1.807, 2.05) is 0 Å². The molecule has 0 bridgehead atoms. The largest absolute Gasteiger partial charge is 0.255 e. The molecule has 0 rings (SSSR count). The summed E-state index contributed by atoms with van der Waals surface area (Å²) in [6.45, 7) is 0. The third-order valence-corrected chi connectivity index (χ3v) is 0. The average molecular weight is 210 g/mol. The molecule has 4 heavy (non-hydrogen) atoms. The van der Waals surface area contributed by atoms with Crippen LogP contribution in [0.2, 0.25) is 0 Å². The molecule has 0 spiro atoms. The third kappa shape index (κ3) is 9.53. The fraction of sp³-hybridized carbons (Fsp3) is 0. The minimum absolute atomic E-state index is 0. The van der Waals surface area contributed by atoms with Gasteiger partial charge < -0.3 is 0 Å². The van der Waals surface area contributed by atoms with Crippen LogP contribution in [0.15, 0.2) is 0 Å². The molecule has 0 aliphatic carbocycles. The Morgan fingerprint density at radius 3 is 1.25 bits per heavy atom. The maximum atomic E-state index is 9.54. The summed E-state index contributed by atoms with van der Waals surface area (Å²) in [5, 5.41) is 0. The molecule has 0 heterocycles. The average Bonchev–Trinajstić information content (AvgIpc) is 0.918. The van der Waals surface area contributed by atoms with E-state index >= 15 is 0 Å². The SMILES string of the molecule is FSF.[Ce]. The van der Waals surface area contributed by atoms with E-state index < -0.39 is 12.5 Å². The van der Waals surface area contributed by atoms with E-state index in [-0.39, 0.29) is 41.7 Å². The third-order valence-electron chi connectivity index (χ3n) is 0. The molecular weight excluding hydrogens is 210 g/mol. The van der Waals surface area contributed by atoms with E-state index in [2.05, 4.69) is 0 Å². The molecule has 24 valence electrons. The first-order valence-electron chi connectivity index (χ1n) is 0.309. The van der Waals surface area contributed by atoms with Crippen molar-refractivity contribution in [3.63, 3.8) is 0 Å². The van der Waals surface area contributed by atoms with Gasteiger partial charge in [-0.15, -0.1) is 7.77 Å². The van der Waals surface area contributed by atoms with Gasteiger partial charge in [-0.25, -0.2) is 0 Å². The van der Waals surface area contributed by atoms with Crippen LogP contribution in [0.25, 0.3) is 0 Å². The van der Waals surface area contributed by atoms with Gasteiger partial charge in [0, 0.05) is 41.7 Å². The standard InChI is InChI=1S/Ce.F2S/c;1-3-2.